The minimum Gasteiger partial charge on any atom is -0.465 e. The van der Waals surface area contributed by atoms with Gasteiger partial charge in [-0.25, -0.2) is 17.6 Å². The molecule has 2 aromatic carbocycles. The van der Waals surface area contributed by atoms with Crippen molar-refractivity contribution in [1.29, 1.82) is 0 Å². The molecule has 186 valence electrons. The Labute approximate surface area is 207 Å². The van der Waals surface area contributed by atoms with Crippen LogP contribution in [0, 0.1) is 5.82 Å². The van der Waals surface area contributed by atoms with Gasteiger partial charge in [0.15, 0.2) is 0 Å². The molecule has 2 aromatic heterocycles. The van der Waals surface area contributed by atoms with Gasteiger partial charge in [-0.2, -0.15) is 0 Å². The lowest BCUT2D eigenvalue weighted by Gasteiger charge is -2.19. The van der Waals surface area contributed by atoms with Crippen LogP contribution in [0.25, 0.3) is 33.4 Å². The number of halogens is 1. The molecule has 4 rings (SSSR count). The molecule has 1 N–H and O–H groups in total. The van der Waals surface area contributed by atoms with Gasteiger partial charge in [-0.15, -0.1) is 0 Å². The Kier molecular flexibility index (Phi) is 7.02. The summed E-state index contributed by atoms with van der Waals surface area (Å²) in [6.45, 7) is 1.79. The van der Waals surface area contributed by atoms with Crippen LogP contribution >= 0.6 is 0 Å². The van der Waals surface area contributed by atoms with Gasteiger partial charge in [0.25, 0.3) is 5.91 Å². The first-order valence-corrected chi connectivity index (χ1v) is 12.0. The molecule has 0 spiro atoms. The summed E-state index contributed by atoms with van der Waals surface area (Å²) in [5.41, 5.74) is 2.17. The molecule has 1 amide bonds. The zero-order valence-corrected chi connectivity index (χ0v) is 20.5. The fourth-order valence-electron chi connectivity index (χ4n) is 3.92. The highest BCUT2D eigenvalue weighted by atomic mass is 32.2. The lowest BCUT2D eigenvalue weighted by Crippen LogP contribution is -2.21. The summed E-state index contributed by atoms with van der Waals surface area (Å²) in [5.74, 6) is -1.31. The Hall–Kier alpha value is -4.25. The maximum atomic E-state index is 13.5. The maximum Gasteiger partial charge on any atom is 0.339 e. The number of rotatable bonds is 7. The van der Waals surface area contributed by atoms with Crippen molar-refractivity contribution in [2.75, 3.05) is 25.0 Å². The molecule has 0 fully saturated rings. The number of fused-ring (bicyclic) bond motifs is 1. The molecule has 0 radical (unpaired) electrons. The topological polar surface area (TPSA) is 119 Å². The molecule has 4 aromatic rings. The fourth-order valence-corrected chi connectivity index (χ4v) is 4.49. The van der Waals surface area contributed by atoms with E-state index in [9.17, 15) is 22.4 Å². The van der Waals surface area contributed by atoms with Gasteiger partial charge in [0, 0.05) is 54.1 Å². The van der Waals surface area contributed by atoms with Crippen molar-refractivity contribution in [3.05, 3.63) is 71.8 Å². The van der Waals surface area contributed by atoms with Gasteiger partial charge < -0.3 is 14.5 Å². The van der Waals surface area contributed by atoms with E-state index in [1.165, 1.54) is 62.9 Å². The minimum atomic E-state index is -3.03. The Balaban J connectivity index is 2.07. The summed E-state index contributed by atoms with van der Waals surface area (Å²) in [6.07, 6.45) is 2.81. The molecule has 0 aliphatic carbocycles. The van der Waals surface area contributed by atoms with Crippen molar-refractivity contribution in [3.8, 4) is 22.5 Å². The van der Waals surface area contributed by atoms with Gasteiger partial charge >= 0.3 is 5.97 Å². The number of anilines is 1. The molecule has 0 saturated carbocycles. The number of pyridine rings is 1. The standard InChI is InChI=1S/C25H22FN3O6S/c1-4-29(36(32)33)20-11-21-19(10-18(20)15-9-16(13-28-12-15)25(31)34-3)22(24(30)27-2)23(35-21)14-5-7-17(26)8-6-14/h5-13,36H,4H2,1-3H3,(H,27,30). The van der Waals surface area contributed by atoms with Gasteiger partial charge in [-0.05, 0) is 43.3 Å². The van der Waals surface area contributed by atoms with Gasteiger partial charge in [0.05, 0.1) is 23.9 Å². The SMILES string of the molecule is CCN(c1cc2oc(-c3ccc(F)cc3)c(C(=O)NC)c2cc1-c1cncc(C(=O)OC)c1)[SH](=O)=O. The summed E-state index contributed by atoms with van der Waals surface area (Å²) in [6, 6.07) is 10.1. The molecular formula is C25H22FN3O6S. The third kappa shape index (κ3) is 4.52. The highest BCUT2D eigenvalue weighted by Gasteiger charge is 2.25. The number of hydrogen-bond donors (Lipinski definition) is 2. The molecule has 36 heavy (non-hydrogen) atoms. The molecule has 0 unspecified atom stereocenters. The second-order valence-electron chi connectivity index (χ2n) is 7.67. The molecule has 0 saturated heterocycles. The number of amides is 1. The average Bonchev–Trinajstić information content (AvgIpc) is 3.26. The van der Waals surface area contributed by atoms with Crippen LogP contribution in [-0.2, 0) is 15.6 Å². The van der Waals surface area contributed by atoms with Crippen molar-refractivity contribution >= 4 is 39.4 Å². The van der Waals surface area contributed by atoms with Crippen LogP contribution in [0.5, 0.6) is 0 Å². The predicted octanol–water partition coefficient (Wildman–Crippen LogP) is 3.80. The number of carbonyl (C=O) groups excluding carboxylic acids is 2. The fraction of sp³-hybridized carbons (Fsp3) is 0.160. The highest BCUT2D eigenvalue weighted by molar-refractivity contribution is 7.74. The van der Waals surface area contributed by atoms with Crippen molar-refractivity contribution in [2.45, 2.75) is 6.92 Å². The zero-order chi connectivity index (χ0) is 26.0. The average molecular weight is 512 g/mol. The number of ether oxygens (including phenoxy) is 1. The van der Waals surface area contributed by atoms with Gasteiger partial charge in [0.2, 0.25) is 10.9 Å². The summed E-state index contributed by atoms with van der Waals surface area (Å²) < 4.78 is 49.7. The Morgan fingerprint density at radius 1 is 1.11 bits per heavy atom. The number of carbonyl (C=O) groups is 2. The van der Waals surface area contributed by atoms with E-state index in [-0.39, 0.29) is 34.7 Å². The molecular weight excluding hydrogens is 489 g/mol. The largest absolute Gasteiger partial charge is 0.465 e. The first-order chi connectivity index (χ1) is 17.3. The summed E-state index contributed by atoms with van der Waals surface area (Å²) >= 11 is 0. The van der Waals surface area contributed by atoms with E-state index in [4.69, 9.17) is 9.15 Å². The number of esters is 1. The number of furan rings is 1. The van der Waals surface area contributed by atoms with Gasteiger partial charge in [-0.1, -0.05) is 0 Å². The van der Waals surface area contributed by atoms with E-state index in [2.05, 4.69) is 10.3 Å². The Bertz CT molecular complexity index is 1540. The summed E-state index contributed by atoms with van der Waals surface area (Å²) in [5, 5.41) is 2.98. The zero-order valence-electron chi connectivity index (χ0n) is 19.6. The number of hydrogen-bond acceptors (Lipinski definition) is 7. The van der Waals surface area contributed by atoms with E-state index < -0.39 is 28.6 Å². The number of methoxy groups -OCH3 is 1. The van der Waals surface area contributed by atoms with E-state index in [0.717, 1.165) is 4.31 Å². The van der Waals surface area contributed by atoms with Crippen LogP contribution in [0.15, 0.2) is 59.3 Å². The third-order valence-corrected chi connectivity index (χ3v) is 6.50. The molecule has 0 aliphatic rings. The second kappa shape index (κ2) is 10.2. The predicted molar refractivity (Wildman–Crippen MR) is 133 cm³/mol. The van der Waals surface area contributed by atoms with Crippen LogP contribution in [0.3, 0.4) is 0 Å². The first kappa shape index (κ1) is 24.9. The van der Waals surface area contributed by atoms with Crippen LogP contribution in [0.4, 0.5) is 10.1 Å². The molecule has 2 heterocycles. The normalized spacial score (nSPS) is 11.0. The number of nitrogens with zero attached hydrogens (tertiary/aromatic N) is 2. The molecule has 0 aliphatic heterocycles. The quantitative estimate of drug-likeness (QED) is 0.286. The molecule has 0 bridgehead atoms. The number of nitrogens with one attached hydrogen (secondary N) is 1. The molecule has 0 atom stereocenters. The lowest BCUT2D eigenvalue weighted by atomic mass is 9.98. The van der Waals surface area contributed by atoms with E-state index in [1.807, 2.05) is 0 Å². The monoisotopic (exact) mass is 511 g/mol. The first-order valence-electron chi connectivity index (χ1n) is 10.8. The van der Waals surface area contributed by atoms with Crippen LogP contribution < -0.4 is 9.62 Å². The minimum absolute atomic E-state index is 0.120. The lowest BCUT2D eigenvalue weighted by molar-refractivity contribution is 0.0600. The summed E-state index contributed by atoms with van der Waals surface area (Å²) in [7, 11) is -0.321. The van der Waals surface area contributed by atoms with E-state index >= 15 is 0 Å². The van der Waals surface area contributed by atoms with Crippen molar-refractivity contribution in [3.63, 3.8) is 0 Å². The van der Waals surface area contributed by atoms with E-state index in [0.29, 0.717) is 22.1 Å². The third-order valence-electron chi connectivity index (χ3n) is 5.61. The number of thiol groups is 1. The summed E-state index contributed by atoms with van der Waals surface area (Å²) in [4.78, 5) is 29.1. The van der Waals surface area contributed by atoms with E-state index in [1.54, 1.807) is 13.0 Å². The van der Waals surface area contributed by atoms with Crippen molar-refractivity contribution < 1.29 is 31.6 Å². The van der Waals surface area contributed by atoms with Gasteiger partial charge in [0.1, 0.15) is 17.2 Å². The highest BCUT2D eigenvalue weighted by Crippen LogP contribution is 2.41. The van der Waals surface area contributed by atoms with Crippen LogP contribution in [-0.4, -0.2) is 46.0 Å². The smallest absolute Gasteiger partial charge is 0.339 e. The molecule has 9 nitrogen and oxygen atoms in total. The molecule has 11 heteroatoms. The van der Waals surface area contributed by atoms with Crippen LogP contribution in [0.2, 0.25) is 0 Å². The van der Waals surface area contributed by atoms with Crippen molar-refractivity contribution in [2.24, 2.45) is 0 Å². The Morgan fingerprint density at radius 2 is 1.83 bits per heavy atom. The maximum absolute atomic E-state index is 13.5. The van der Waals surface area contributed by atoms with Crippen LogP contribution in [0.1, 0.15) is 27.6 Å². The number of benzene rings is 2. The Morgan fingerprint density at radius 3 is 2.44 bits per heavy atom. The van der Waals surface area contributed by atoms with Crippen molar-refractivity contribution in [1.82, 2.24) is 10.3 Å². The number of aromatic nitrogens is 1. The second-order valence-corrected chi connectivity index (χ2v) is 8.62. The van der Waals surface area contributed by atoms with Gasteiger partial charge in [-0.3, -0.25) is 14.1 Å².